The van der Waals surface area contributed by atoms with Gasteiger partial charge < -0.3 is 24.8 Å². The molecule has 0 spiro atoms. The van der Waals surface area contributed by atoms with Crippen molar-refractivity contribution < 1.29 is 19.0 Å². The number of methoxy groups -OCH3 is 2. The average Bonchev–Trinajstić information content (AvgIpc) is 3.19. The quantitative estimate of drug-likeness (QED) is 0.652. The average molecular weight is 384 g/mol. The first-order valence-electron chi connectivity index (χ1n) is 9.67. The van der Waals surface area contributed by atoms with Gasteiger partial charge >= 0.3 is 6.03 Å². The fourth-order valence-corrected chi connectivity index (χ4v) is 3.39. The lowest BCUT2D eigenvalue weighted by molar-refractivity contribution is 0.236. The Morgan fingerprint density at radius 3 is 2.54 bits per heavy atom. The van der Waals surface area contributed by atoms with Crippen molar-refractivity contribution in [3.8, 4) is 17.2 Å². The van der Waals surface area contributed by atoms with Crippen LogP contribution in [0.5, 0.6) is 17.2 Å². The zero-order valence-electron chi connectivity index (χ0n) is 16.5. The molecule has 0 saturated heterocycles. The molecule has 0 aromatic heterocycles. The highest BCUT2D eigenvalue weighted by atomic mass is 16.5. The van der Waals surface area contributed by atoms with Gasteiger partial charge in [-0.2, -0.15) is 0 Å². The summed E-state index contributed by atoms with van der Waals surface area (Å²) in [5.41, 5.74) is 3.88. The van der Waals surface area contributed by atoms with Crippen LogP contribution < -0.4 is 24.8 Å². The van der Waals surface area contributed by atoms with Gasteiger partial charge in [-0.1, -0.05) is 12.1 Å². The van der Waals surface area contributed by atoms with Gasteiger partial charge in [0.2, 0.25) is 0 Å². The second-order valence-corrected chi connectivity index (χ2v) is 6.75. The van der Waals surface area contributed by atoms with Gasteiger partial charge in [0.1, 0.15) is 12.4 Å². The largest absolute Gasteiger partial charge is 0.493 e. The van der Waals surface area contributed by atoms with Crippen LogP contribution in [0, 0.1) is 0 Å². The molecule has 0 bridgehead atoms. The molecule has 6 heteroatoms. The van der Waals surface area contributed by atoms with Crippen molar-refractivity contribution in [2.75, 3.05) is 33.9 Å². The first kappa shape index (κ1) is 19.9. The number of ether oxygens (including phenoxy) is 3. The van der Waals surface area contributed by atoms with E-state index in [1.165, 1.54) is 24.0 Å². The third kappa shape index (κ3) is 5.31. The van der Waals surface area contributed by atoms with Gasteiger partial charge in [0.25, 0.3) is 0 Å². The van der Waals surface area contributed by atoms with E-state index in [1.807, 2.05) is 24.3 Å². The molecule has 6 nitrogen and oxygen atoms in total. The number of rotatable bonds is 9. The van der Waals surface area contributed by atoms with Gasteiger partial charge in [-0.25, -0.2) is 4.79 Å². The maximum atomic E-state index is 11.9. The van der Waals surface area contributed by atoms with Crippen LogP contribution in [0.2, 0.25) is 0 Å². The summed E-state index contributed by atoms with van der Waals surface area (Å²) in [5.74, 6) is 2.25. The molecular weight excluding hydrogens is 356 g/mol. The minimum atomic E-state index is -0.196. The van der Waals surface area contributed by atoms with E-state index in [1.54, 1.807) is 14.2 Å². The Morgan fingerprint density at radius 1 is 0.929 bits per heavy atom. The molecule has 1 aliphatic carbocycles. The number of hydrogen-bond acceptors (Lipinski definition) is 4. The SMILES string of the molecule is COc1ccc(CCNC(=O)NCCOc2ccc3c(c2)CCC3)cc1OC. The van der Waals surface area contributed by atoms with Crippen LogP contribution in [-0.4, -0.2) is 39.9 Å². The van der Waals surface area contributed by atoms with E-state index in [9.17, 15) is 4.79 Å². The third-order valence-corrected chi connectivity index (χ3v) is 4.87. The van der Waals surface area contributed by atoms with E-state index in [0.29, 0.717) is 37.6 Å². The van der Waals surface area contributed by atoms with E-state index in [0.717, 1.165) is 17.7 Å². The number of urea groups is 1. The Hall–Kier alpha value is -2.89. The highest BCUT2D eigenvalue weighted by Crippen LogP contribution is 2.27. The fourth-order valence-electron chi connectivity index (χ4n) is 3.39. The van der Waals surface area contributed by atoms with Gasteiger partial charge in [-0.05, 0) is 66.6 Å². The molecule has 2 aromatic carbocycles. The number of aryl methyl sites for hydroxylation is 2. The van der Waals surface area contributed by atoms with Crippen LogP contribution in [0.3, 0.4) is 0 Å². The lowest BCUT2D eigenvalue weighted by Gasteiger charge is -2.11. The van der Waals surface area contributed by atoms with E-state index >= 15 is 0 Å². The van der Waals surface area contributed by atoms with Gasteiger partial charge in [0.05, 0.1) is 20.8 Å². The molecule has 3 rings (SSSR count). The van der Waals surface area contributed by atoms with Crippen LogP contribution >= 0.6 is 0 Å². The van der Waals surface area contributed by atoms with Crippen LogP contribution in [0.15, 0.2) is 36.4 Å². The molecule has 0 radical (unpaired) electrons. The first-order chi connectivity index (χ1) is 13.7. The molecule has 28 heavy (non-hydrogen) atoms. The lowest BCUT2D eigenvalue weighted by Crippen LogP contribution is -2.38. The second kappa shape index (κ2) is 9.88. The summed E-state index contributed by atoms with van der Waals surface area (Å²) in [5, 5.41) is 5.66. The number of carbonyl (C=O) groups excluding carboxylic acids is 1. The molecule has 150 valence electrons. The predicted molar refractivity (Wildman–Crippen MR) is 109 cm³/mol. The number of hydrogen-bond donors (Lipinski definition) is 2. The Balaban J connectivity index is 1.32. The van der Waals surface area contributed by atoms with Crippen molar-refractivity contribution in [1.29, 1.82) is 0 Å². The molecule has 0 heterocycles. The standard InChI is InChI=1S/C22H28N2O4/c1-26-20-9-6-16(14-21(20)27-2)10-11-23-22(25)24-12-13-28-19-8-7-17-4-3-5-18(17)15-19/h6-9,14-15H,3-5,10-13H2,1-2H3,(H2,23,24,25). The van der Waals surface area contributed by atoms with Crippen molar-refractivity contribution in [2.24, 2.45) is 0 Å². The van der Waals surface area contributed by atoms with Crippen LogP contribution in [-0.2, 0) is 19.3 Å². The number of amides is 2. The number of carbonyl (C=O) groups is 1. The zero-order valence-corrected chi connectivity index (χ0v) is 16.5. The number of benzene rings is 2. The molecule has 2 aromatic rings. The minimum Gasteiger partial charge on any atom is -0.493 e. The molecule has 2 N–H and O–H groups in total. The molecule has 0 saturated carbocycles. The summed E-state index contributed by atoms with van der Waals surface area (Å²) in [7, 11) is 3.22. The Bertz CT molecular complexity index is 807. The smallest absolute Gasteiger partial charge is 0.314 e. The van der Waals surface area contributed by atoms with E-state index in [4.69, 9.17) is 14.2 Å². The minimum absolute atomic E-state index is 0.196. The van der Waals surface area contributed by atoms with Gasteiger partial charge in [-0.15, -0.1) is 0 Å². The summed E-state index contributed by atoms with van der Waals surface area (Å²) >= 11 is 0. The zero-order chi connectivity index (χ0) is 19.8. The molecule has 0 unspecified atom stereocenters. The van der Waals surface area contributed by atoms with Crippen molar-refractivity contribution in [2.45, 2.75) is 25.7 Å². The van der Waals surface area contributed by atoms with Crippen molar-refractivity contribution >= 4 is 6.03 Å². The Labute approximate surface area is 166 Å². The first-order valence-corrected chi connectivity index (χ1v) is 9.67. The maximum absolute atomic E-state index is 11.9. The number of nitrogens with one attached hydrogen (secondary N) is 2. The predicted octanol–water partition coefficient (Wildman–Crippen LogP) is 3.11. The highest BCUT2D eigenvalue weighted by Gasteiger charge is 2.11. The molecule has 0 aliphatic heterocycles. The lowest BCUT2D eigenvalue weighted by atomic mass is 10.1. The summed E-state index contributed by atoms with van der Waals surface area (Å²) in [6, 6.07) is 11.8. The van der Waals surface area contributed by atoms with Gasteiger partial charge in [-0.3, -0.25) is 0 Å². The fraction of sp³-hybridized carbons (Fsp3) is 0.409. The van der Waals surface area contributed by atoms with E-state index in [-0.39, 0.29) is 6.03 Å². The third-order valence-electron chi connectivity index (χ3n) is 4.87. The summed E-state index contributed by atoms with van der Waals surface area (Å²) in [4.78, 5) is 11.9. The van der Waals surface area contributed by atoms with Crippen LogP contribution in [0.25, 0.3) is 0 Å². The Morgan fingerprint density at radius 2 is 1.71 bits per heavy atom. The number of fused-ring (bicyclic) bond motifs is 1. The molecule has 1 aliphatic rings. The maximum Gasteiger partial charge on any atom is 0.314 e. The second-order valence-electron chi connectivity index (χ2n) is 6.75. The summed E-state index contributed by atoms with van der Waals surface area (Å²) in [6.07, 6.45) is 4.23. The summed E-state index contributed by atoms with van der Waals surface area (Å²) < 4.78 is 16.3. The van der Waals surface area contributed by atoms with Crippen molar-refractivity contribution in [1.82, 2.24) is 10.6 Å². The van der Waals surface area contributed by atoms with Gasteiger partial charge in [0, 0.05) is 6.54 Å². The monoisotopic (exact) mass is 384 g/mol. The van der Waals surface area contributed by atoms with Gasteiger partial charge in [0.15, 0.2) is 11.5 Å². The summed E-state index contributed by atoms with van der Waals surface area (Å²) in [6.45, 7) is 1.44. The van der Waals surface area contributed by atoms with Crippen molar-refractivity contribution in [3.05, 3.63) is 53.1 Å². The molecule has 2 amide bonds. The Kier molecular flexibility index (Phi) is 7.00. The van der Waals surface area contributed by atoms with E-state index in [2.05, 4.69) is 22.8 Å². The molecule has 0 fully saturated rings. The molecule has 0 atom stereocenters. The normalized spacial score (nSPS) is 12.2. The van der Waals surface area contributed by atoms with Crippen LogP contribution in [0.4, 0.5) is 4.79 Å². The van der Waals surface area contributed by atoms with E-state index < -0.39 is 0 Å². The molecular formula is C22H28N2O4. The van der Waals surface area contributed by atoms with Crippen molar-refractivity contribution in [3.63, 3.8) is 0 Å². The highest BCUT2D eigenvalue weighted by molar-refractivity contribution is 5.73. The van der Waals surface area contributed by atoms with Crippen LogP contribution in [0.1, 0.15) is 23.1 Å². The topological polar surface area (TPSA) is 68.8 Å².